The van der Waals surface area contributed by atoms with Gasteiger partial charge >= 0.3 is 0 Å². The fourth-order valence-electron chi connectivity index (χ4n) is 1.14. The van der Waals surface area contributed by atoms with Crippen LogP contribution in [0.1, 0.15) is 20.3 Å². The smallest absolute Gasteiger partial charge is 0.00125 e. The molecule has 0 aromatic carbocycles. The largest absolute Gasteiger partial charge is 0.309 e. The van der Waals surface area contributed by atoms with Crippen molar-refractivity contribution < 1.29 is 0 Å². The summed E-state index contributed by atoms with van der Waals surface area (Å²) in [6.07, 6.45) is 11.3. The van der Waals surface area contributed by atoms with Gasteiger partial charge in [0.15, 0.2) is 0 Å². The molecule has 0 spiro atoms. The molecule has 0 saturated heterocycles. The van der Waals surface area contributed by atoms with Crippen molar-refractivity contribution in [3.8, 4) is 0 Å². The van der Waals surface area contributed by atoms with Gasteiger partial charge in [0, 0.05) is 6.54 Å². The molecule has 0 heterocycles. The zero-order chi connectivity index (χ0) is 11.7. The summed E-state index contributed by atoms with van der Waals surface area (Å²) in [5.74, 6) is 0. The Kier molecular flexibility index (Phi) is 7.65. The number of hydrogen-bond donors (Lipinski definition) is 0. The van der Waals surface area contributed by atoms with E-state index in [1.165, 1.54) is 11.1 Å². The molecule has 0 fully saturated rings. The Morgan fingerprint density at radius 3 is 2.47 bits per heavy atom. The Morgan fingerprint density at radius 1 is 1.33 bits per heavy atom. The Hall–Kier alpha value is -1.08. The van der Waals surface area contributed by atoms with E-state index in [-0.39, 0.29) is 0 Å². The van der Waals surface area contributed by atoms with Gasteiger partial charge < -0.3 is 4.90 Å². The molecule has 0 aromatic rings. The van der Waals surface area contributed by atoms with Crippen LogP contribution in [-0.2, 0) is 0 Å². The van der Waals surface area contributed by atoms with Gasteiger partial charge in [-0.3, -0.25) is 0 Å². The Labute approximate surface area is 94.5 Å². The molecule has 0 N–H and O–H groups in total. The van der Waals surface area contributed by atoms with Crippen LogP contribution in [-0.4, -0.2) is 25.5 Å². The van der Waals surface area contributed by atoms with Gasteiger partial charge in [0.2, 0.25) is 0 Å². The average Bonchev–Trinajstić information content (AvgIpc) is 2.21. The van der Waals surface area contributed by atoms with Crippen LogP contribution >= 0.6 is 0 Å². The second-order valence-corrected chi connectivity index (χ2v) is 3.94. The summed E-state index contributed by atoms with van der Waals surface area (Å²) >= 11 is 0. The first-order chi connectivity index (χ1) is 7.10. The molecule has 1 heteroatoms. The van der Waals surface area contributed by atoms with Gasteiger partial charge in [-0.05, 0) is 39.9 Å². The molecule has 0 aromatic heterocycles. The van der Waals surface area contributed by atoms with Crippen LogP contribution < -0.4 is 0 Å². The van der Waals surface area contributed by atoms with Gasteiger partial charge in [-0.1, -0.05) is 42.5 Å². The predicted molar refractivity (Wildman–Crippen MR) is 70.0 cm³/mol. The summed E-state index contributed by atoms with van der Waals surface area (Å²) in [6.45, 7) is 9.08. The summed E-state index contributed by atoms with van der Waals surface area (Å²) < 4.78 is 0. The third kappa shape index (κ3) is 7.95. The molecule has 0 atom stereocenters. The Morgan fingerprint density at radius 2 is 2.00 bits per heavy atom. The summed E-state index contributed by atoms with van der Waals surface area (Å²) in [6, 6.07) is 0. The molecule has 84 valence electrons. The van der Waals surface area contributed by atoms with Gasteiger partial charge in [0.25, 0.3) is 0 Å². The third-order valence-electron chi connectivity index (χ3n) is 2.08. The predicted octanol–water partition coefficient (Wildman–Crippen LogP) is 3.57. The minimum absolute atomic E-state index is 1.09. The monoisotopic (exact) mass is 205 g/mol. The minimum atomic E-state index is 1.09. The summed E-state index contributed by atoms with van der Waals surface area (Å²) in [5, 5.41) is 0. The molecule has 0 rings (SSSR count). The van der Waals surface area contributed by atoms with Gasteiger partial charge in [0.05, 0.1) is 0 Å². The second-order valence-electron chi connectivity index (χ2n) is 3.94. The topological polar surface area (TPSA) is 3.24 Å². The lowest BCUT2D eigenvalue weighted by molar-refractivity contribution is 0.413. The molecule has 0 unspecified atom stereocenters. The number of allylic oxidation sites excluding steroid dienone is 6. The highest BCUT2D eigenvalue weighted by Gasteiger charge is 1.93. The summed E-state index contributed by atoms with van der Waals surface area (Å²) in [5.41, 5.74) is 2.56. The van der Waals surface area contributed by atoms with E-state index in [0.717, 1.165) is 13.0 Å². The van der Waals surface area contributed by atoms with Crippen LogP contribution in [0, 0.1) is 0 Å². The van der Waals surface area contributed by atoms with E-state index in [2.05, 4.69) is 44.6 Å². The number of rotatable bonds is 6. The normalized spacial score (nSPS) is 13.9. The average molecular weight is 205 g/mol. The fourth-order valence-corrected chi connectivity index (χ4v) is 1.14. The van der Waals surface area contributed by atoms with Crippen LogP contribution in [0.2, 0.25) is 0 Å². The van der Waals surface area contributed by atoms with Crippen molar-refractivity contribution in [2.75, 3.05) is 20.6 Å². The van der Waals surface area contributed by atoms with Crippen molar-refractivity contribution in [3.05, 3.63) is 48.1 Å². The third-order valence-corrected chi connectivity index (χ3v) is 2.08. The van der Waals surface area contributed by atoms with Crippen LogP contribution in [0.15, 0.2) is 48.1 Å². The summed E-state index contributed by atoms with van der Waals surface area (Å²) in [4.78, 5) is 2.20. The highest BCUT2D eigenvalue weighted by atomic mass is 15.0. The first-order valence-electron chi connectivity index (χ1n) is 5.37. The zero-order valence-corrected chi connectivity index (χ0v) is 10.5. The van der Waals surface area contributed by atoms with Crippen LogP contribution in [0.3, 0.4) is 0 Å². The van der Waals surface area contributed by atoms with Crippen LogP contribution in [0.5, 0.6) is 0 Å². The second kappa shape index (κ2) is 8.25. The summed E-state index contributed by atoms with van der Waals surface area (Å²) in [7, 11) is 4.19. The van der Waals surface area contributed by atoms with E-state index in [1.807, 2.05) is 25.2 Å². The van der Waals surface area contributed by atoms with Gasteiger partial charge in [-0.15, -0.1) is 0 Å². The van der Waals surface area contributed by atoms with E-state index < -0.39 is 0 Å². The SMILES string of the molecule is C=CC(/C=C(/C)CCN(C)C)=C\C=C/C. The van der Waals surface area contributed by atoms with Crippen molar-refractivity contribution in [3.63, 3.8) is 0 Å². The number of hydrogen-bond acceptors (Lipinski definition) is 1. The van der Waals surface area contributed by atoms with Crippen molar-refractivity contribution >= 4 is 0 Å². The Balaban J connectivity index is 4.35. The Bertz CT molecular complexity index is 267. The van der Waals surface area contributed by atoms with Gasteiger partial charge in [-0.2, -0.15) is 0 Å². The molecule has 0 aliphatic rings. The zero-order valence-electron chi connectivity index (χ0n) is 10.5. The molecule has 0 radical (unpaired) electrons. The van der Waals surface area contributed by atoms with Crippen LogP contribution in [0.25, 0.3) is 0 Å². The van der Waals surface area contributed by atoms with Gasteiger partial charge in [0.1, 0.15) is 0 Å². The maximum absolute atomic E-state index is 3.81. The van der Waals surface area contributed by atoms with E-state index >= 15 is 0 Å². The minimum Gasteiger partial charge on any atom is -0.309 e. The molecular formula is C14H23N. The highest BCUT2D eigenvalue weighted by molar-refractivity contribution is 5.34. The fraction of sp³-hybridized carbons (Fsp3) is 0.429. The first-order valence-corrected chi connectivity index (χ1v) is 5.37. The molecule has 0 amide bonds. The van der Waals surface area contributed by atoms with Crippen molar-refractivity contribution in [2.45, 2.75) is 20.3 Å². The van der Waals surface area contributed by atoms with Crippen molar-refractivity contribution in [2.24, 2.45) is 0 Å². The highest BCUT2D eigenvalue weighted by Crippen LogP contribution is 2.07. The standard InChI is InChI=1S/C14H23N/c1-6-8-9-14(7-2)12-13(3)10-11-15(4)5/h6-9,12H,2,10-11H2,1,3-5H3/b8-6-,13-12-,14-9+. The molecule has 15 heavy (non-hydrogen) atoms. The lowest BCUT2D eigenvalue weighted by atomic mass is 10.1. The molecule has 0 aliphatic carbocycles. The van der Waals surface area contributed by atoms with Gasteiger partial charge in [-0.25, -0.2) is 0 Å². The van der Waals surface area contributed by atoms with Crippen LogP contribution in [0.4, 0.5) is 0 Å². The maximum atomic E-state index is 3.81. The molecule has 0 aliphatic heterocycles. The lowest BCUT2D eigenvalue weighted by Gasteiger charge is -2.09. The van der Waals surface area contributed by atoms with E-state index in [9.17, 15) is 0 Å². The van der Waals surface area contributed by atoms with Crippen molar-refractivity contribution in [1.29, 1.82) is 0 Å². The molecule has 0 bridgehead atoms. The van der Waals surface area contributed by atoms with E-state index in [4.69, 9.17) is 0 Å². The van der Waals surface area contributed by atoms with E-state index in [1.54, 1.807) is 0 Å². The first kappa shape index (κ1) is 13.9. The maximum Gasteiger partial charge on any atom is 0.00125 e. The lowest BCUT2D eigenvalue weighted by Crippen LogP contribution is -2.12. The molecule has 0 saturated carbocycles. The molecule has 1 nitrogen and oxygen atoms in total. The van der Waals surface area contributed by atoms with Crippen molar-refractivity contribution in [1.82, 2.24) is 4.90 Å². The quantitative estimate of drug-likeness (QED) is 0.599. The number of nitrogens with zero attached hydrogens (tertiary/aromatic N) is 1. The van der Waals surface area contributed by atoms with E-state index in [0.29, 0.717) is 0 Å². The molecular weight excluding hydrogens is 182 g/mol.